The van der Waals surface area contributed by atoms with E-state index in [-0.39, 0.29) is 0 Å². The molecule has 0 spiro atoms. The standard InChI is InChI=1S/C5H11NO2/c1-6(2)8-4-5-3-7-5/h5H,3-4H2,1-2H3. The predicted octanol–water partition coefficient (Wildman–Crippen LogP) is -0.122. The maximum Gasteiger partial charge on any atom is 0.106 e. The van der Waals surface area contributed by atoms with Crippen LogP contribution in [0.5, 0.6) is 0 Å². The fourth-order valence-electron chi connectivity index (χ4n) is 0.396. The molecule has 0 bridgehead atoms. The molecule has 8 heavy (non-hydrogen) atoms. The number of hydrogen-bond acceptors (Lipinski definition) is 3. The summed E-state index contributed by atoms with van der Waals surface area (Å²) in [5, 5.41) is 1.68. The summed E-state index contributed by atoms with van der Waals surface area (Å²) >= 11 is 0. The highest BCUT2D eigenvalue weighted by Gasteiger charge is 2.22. The van der Waals surface area contributed by atoms with Gasteiger partial charge in [-0.25, -0.2) is 0 Å². The topological polar surface area (TPSA) is 25.0 Å². The molecular weight excluding hydrogens is 106 g/mol. The van der Waals surface area contributed by atoms with Crippen molar-refractivity contribution in [3.63, 3.8) is 0 Å². The molecule has 3 heteroatoms. The lowest BCUT2D eigenvalue weighted by molar-refractivity contribution is -0.123. The zero-order valence-electron chi connectivity index (χ0n) is 5.26. The van der Waals surface area contributed by atoms with Crippen LogP contribution >= 0.6 is 0 Å². The van der Waals surface area contributed by atoms with Gasteiger partial charge in [-0.3, -0.25) is 4.84 Å². The minimum Gasteiger partial charge on any atom is -0.371 e. The van der Waals surface area contributed by atoms with Crippen molar-refractivity contribution >= 4 is 0 Å². The van der Waals surface area contributed by atoms with E-state index >= 15 is 0 Å². The van der Waals surface area contributed by atoms with E-state index in [1.54, 1.807) is 5.06 Å². The van der Waals surface area contributed by atoms with Crippen LogP contribution in [0.3, 0.4) is 0 Å². The summed E-state index contributed by atoms with van der Waals surface area (Å²) in [6.45, 7) is 1.57. The van der Waals surface area contributed by atoms with Gasteiger partial charge in [-0.05, 0) is 0 Å². The van der Waals surface area contributed by atoms with E-state index in [9.17, 15) is 0 Å². The third-order valence-corrected chi connectivity index (χ3v) is 0.921. The first-order valence-corrected chi connectivity index (χ1v) is 2.71. The Morgan fingerprint density at radius 1 is 1.75 bits per heavy atom. The van der Waals surface area contributed by atoms with Gasteiger partial charge in [-0.15, -0.1) is 0 Å². The number of hydroxylamine groups is 2. The van der Waals surface area contributed by atoms with Gasteiger partial charge in [0.25, 0.3) is 0 Å². The Morgan fingerprint density at radius 3 is 2.75 bits per heavy atom. The molecule has 48 valence electrons. The minimum absolute atomic E-state index is 0.373. The van der Waals surface area contributed by atoms with E-state index in [2.05, 4.69) is 0 Å². The Kier molecular flexibility index (Phi) is 1.83. The van der Waals surface area contributed by atoms with Crippen molar-refractivity contribution in [1.29, 1.82) is 0 Å². The van der Waals surface area contributed by atoms with Gasteiger partial charge in [-0.2, -0.15) is 5.06 Å². The second-order valence-corrected chi connectivity index (χ2v) is 2.06. The van der Waals surface area contributed by atoms with Gasteiger partial charge in [0.15, 0.2) is 0 Å². The first kappa shape index (κ1) is 6.01. The number of hydrogen-bond donors (Lipinski definition) is 0. The van der Waals surface area contributed by atoms with Crippen LogP contribution in [-0.4, -0.2) is 38.5 Å². The van der Waals surface area contributed by atoms with Crippen LogP contribution in [0.2, 0.25) is 0 Å². The molecule has 1 saturated heterocycles. The summed E-state index contributed by atoms with van der Waals surface area (Å²) in [4.78, 5) is 5.07. The normalized spacial score (nSPS) is 26.6. The molecule has 0 aromatic carbocycles. The van der Waals surface area contributed by atoms with Crippen LogP contribution in [0.25, 0.3) is 0 Å². The van der Waals surface area contributed by atoms with E-state index in [0.717, 1.165) is 6.61 Å². The van der Waals surface area contributed by atoms with Crippen LogP contribution in [0.4, 0.5) is 0 Å². The Labute approximate surface area is 49.1 Å². The summed E-state index contributed by atoms with van der Waals surface area (Å²) < 4.78 is 4.91. The fraction of sp³-hybridized carbons (Fsp3) is 1.00. The molecule has 1 aliphatic rings. The van der Waals surface area contributed by atoms with Crippen molar-refractivity contribution in [2.24, 2.45) is 0 Å². The molecular formula is C5H11NO2. The molecule has 0 N–H and O–H groups in total. The molecule has 0 aromatic rings. The third kappa shape index (κ3) is 2.26. The van der Waals surface area contributed by atoms with Crippen LogP contribution in [-0.2, 0) is 9.57 Å². The second kappa shape index (κ2) is 2.44. The quantitative estimate of drug-likeness (QED) is 0.380. The Morgan fingerprint density at radius 2 is 2.38 bits per heavy atom. The molecule has 1 fully saturated rings. The second-order valence-electron chi connectivity index (χ2n) is 2.06. The van der Waals surface area contributed by atoms with Crippen molar-refractivity contribution < 1.29 is 9.57 Å². The van der Waals surface area contributed by atoms with Gasteiger partial charge in [-0.1, -0.05) is 0 Å². The van der Waals surface area contributed by atoms with Crippen molar-refractivity contribution in [2.45, 2.75) is 6.10 Å². The van der Waals surface area contributed by atoms with E-state index in [0.29, 0.717) is 12.7 Å². The average molecular weight is 117 g/mol. The number of rotatable bonds is 3. The highest BCUT2D eigenvalue weighted by atomic mass is 16.7. The first-order chi connectivity index (χ1) is 3.79. The van der Waals surface area contributed by atoms with Gasteiger partial charge >= 0.3 is 0 Å². The smallest absolute Gasteiger partial charge is 0.106 e. The van der Waals surface area contributed by atoms with E-state index in [1.807, 2.05) is 14.1 Å². The Bertz CT molecular complexity index is 68.8. The maximum atomic E-state index is 5.07. The van der Waals surface area contributed by atoms with Gasteiger partial charge in [0.1, 0.15) is 6.10 Å². The molecule has 1 rings (SSSR count). The van der Waals surface area contributed by atoms with Crippen LogP contribution in [0.15, 0.2) is 0 Å². The largest absolute Gasteiger partial charge is 0.371 e. The lowest BCUT2D eigenvalue weighted by atomic mass is 10.5. The molecule has 0 radical (unpaired) electrons. The van der Waals surface area contributed by atoms with Crippen molar-refractivity contribution in [3.05, 3.63) is 0 Å². The molecule has 1 aliphatic heterocycles. The lowest BCUT2D eigenvalue weighted by Crippen LogP contribution is -2.15. The zero-order valence-corrected chi connectivity index (χ0v) is 5.26. The number of ether oxygens (including phenoxy) is 1. The molecule has 3 nitrogen and oxygen atoms in total. The van der Waals surface area contributed by atoms with E-state index in [4.69, 9.17) is 9.57 Å². The van der Waals surface area contributed by atoms with Crippen LogP contribution in [0, 0.1) is 0 Å². The number of epoxide rings is 1. The number of nitrogens with zero attached hydrogens (tertiary/aromatic N) is 1. The van der Waals surface area contributed by atoms with E-state index < -0.39 is 0 Å². The maximum absolute atomic E-state index is 5.07. The molecule has 0 aromatic heterocycles. The van der Waals surface area contributed by atoms with E-state index in [1.165, 1.54) is 0 Å². The van der Waals surface area contributed by atoms with Gasteiger partial charge < -0.3 is 4.74 Å². The van der Waals surface area contributed by atoms with Gasteiger partial charge in [0, 0.05) is 14.1 Å². The SMILES string of the molecule is CN(C)OCC1CO1. The third-order valence-electron chi connectivity index (χ3n) is 0.921. The van der Waals surface area contributed by atoms with Crippen LogP contribution < -0.4 is 0 Å². The average Bonchev–Trinajstić information content (AvgIpc) is 2.41. The molecule has 1 unspecified atom stereocenters. The molecule has 1 atom stereocenters. The summed E-state index contributed by atoms with van der Waals surface area (Å²) in [5.41, 5.74) is 0. The summed E-state index contributed by atoms with van der Waals surface area (Å²) in [6, 6.07) is 0. The molecule has 0 aliphatic carbocycles. The van der Waals surface area contributed by atoms with Crippen LogP contribution in [0.1, 0.15) is 0 Å². The Balaban J connectivity index is 1.87. The first-order valence-electron chi connectivity index (χ1n) is 2.71. The summed E-state index contributed by atoms with van der Waals surface area (Å²) in [6.07, 6.45) is 0.373. The van der Waals surface area contributed by atoms with Crippen molar-refractivity contribution in [3.8, 4) is 0 Å². The summed E-state index contributed by atoms with van der Waals surface area (Å²) in [5.74, 6) is 0. The molecule has 1 heterocycles. The Hall–Kier alpha value is -0.120. The zero-order chi connectivity index (χ0) is 5.98. The van der Waals surface area contributed by atoms with Gasteiger partial charge in [0.05, 0.1) is 13.2 Å². The van der Waals surface area contributed by atoms with Crippen molar-refractivity contribution in [1.82, 2.24) is 5.06 Å². The molecule has 0 amide bonds. The lowest BCUT2D eigenvalue weighted by Gasteiger charge is -2.07. The monoisotopic (exact) mass is 117 g/mol. The fourth-order valence-corrected chi connectivity index (χ4v) is 0.396. The van der Waals surface area contributed by atoms with Crippen molar-refractivity contribution in [2.75, 3.05) is 27.3 Å². The summed E-state index contributed by atoms with van der Waals surface area (Å²) in [7, 11) is 3.73. The highest BCUT2D eigenvalue weighted by molar-refractivity contribution is 4.66. The molecule has 0 saturated carbocycles. The van der Waals surface area contributed by atoms with Gasteiger partial charge in [0.2, 0.25) is 0 Å². The minimum atomic E-state index is 0.373. The predicted molar refractivity (Wildman–Crippen MR) is 29.4 cm³/mol. The highest BCUT2D eigenvalue weighted by Crippen LogP contribution is 2.08.